The van der Waals surface area contributed by atoms with Gasteiger partial charge in [0.1, 0.15) is 5.82 Å². The highest BCUT2D eigenvalue weighted by Crippen LogP contribution is 2.34. The molecule has 1 amide bonds. The Bertz CT molecular complexity index is 876. The number of thiophene rings is 1. The van der Waals surface area contributed by atoms with Gasteiger partial charge in [0.15, 0.2) is 0 Å². The van der Waals surface area contributed by atoms with Gasteiger partial charge < -0.3 is 9.42 Å². The van der Waals surface area contributed by atoms with Crippen molar-refractivity contribution in [3.05, 3.63) is 59.0 Å². The fraction of sp³-hybridized carbons (Fsp3) is 0.278. The Hall–Kier alpha value is -2.54. The van der Waals surface area contributed by atoms with Gasteiger partial charge in [-0.3, -0.25) is 4.79 Å². The number of amides is 1. The number of nitrogens with zero attached hydrogens (tertiary/aromatic N) is 3. The van der Waals surface area contributed by atoms with Gasteiger partial charge in [-0.15, -0.1) is 11.3 Å². The third-order valence-corrected chi connectivity index (χ3v) is 5.38. The number of rotatable bonds is 4. The van der Waals surface area contributed by atoms with Gasteiger partial charge in [0, 0.05) is 13.0 Å². The van der Waals surface area contributed by atoms with Crippen molar-refractivity contribution in [2.45, 2.75) is 25.3 Å². The number of hydrogen-bond donors (Lipinski definition) is 0. The molecule has 0 N–H and O–H groups in total. The van der Waals surface area contributed by atoms with Crippen LogP contribution in [0, 0.1) is 5.82 Å². The van der Waals surface area contributed by atoms with Crippen LogP contribution in [0.15, 0.2) is 46.3 Å². The smallest absolute Gasteiger partial charge is 0.232 e. The molecule has 0 aliphatic carbocycles. The van der Waals surface area contributed by atoms with Crippen molar-refractivity contribution in [2.75, 3.05) is 6.54 Å². The van der Waals surface area contributed by atoms with Crippen LogP contribution in [-0.4, -0.2) is 27.5 Å². The molecule has 128 valence electrons. The van der Waals surface area contributed by atoms with E-state index < -0.39 is 0 Å². The van der Waals surface area contributed by atoms with Crippen molar-refractivity contribution in [3.8, 4) is 10.7 Å². The van der Waals surface area contributed by atoms with E-state index in [9.17, 15) is 9.18 Å². The van der Waals surface area contributed by atoms with E-state index in [1.54, 1.807) is 28.4 Å². The summed E-state index contributed by atoms with van der Waals surface area (Å²) in [6.07, 6.45) is 0.345. The standard InChI is InChI=1S/C18H16FN3O2S/c1-11(12-4-6-14(19)7-5-12)22-10-13(9-16(22)23)18-20-17(21-24-18)15-3-2-8-25-15/h2-8,11,13H,9-10H2,1H3. The molecule has 2 aromatic heterocycles. The molecule has 3 heterocycles. The fourth-order valence-corrected chi connectivity index (χ4v) is 3.75. The van der Waals surface area contributed by atoms with E-state index in [4.69, 9.17) is 4.52 Å². The lowest BCUT2D eigenvalue weighted by Crippen LogP contribution is -2.28. The number of carbonyl (C=O) groups excluding carboxylic acids is 1. The molecule has 1 aliphatic heterocycles. The van der Waals surface area contributed by atoms with Gasteiger partial charge in [-0.05, 0) is 36.1 Å². The zero-order chi connectivity index (χ0) is 17.4. The van der Waals surface area contributed by atoms with Crippen LogP contribution in [0.2, 0.25) is 0 Å². The summed E-state index contributed by atoms with van der Waals surface area (Å²) in [7, 11) is 0. The number of hydrogen-bond acceptors (Lipinski definition) is 5. The topological polar surface area (TPSA) is 59.2 Å². The lowest BCUT2D eigenvalue weighted by atomic mass is 10.1. The van der Waals surface area contributed by atoms with Gasteiger partial charge in [-0.2, -0.15) is 4.98 Å². The van der Waals surface area contributed by atoms with Gasteiger partial charge in [0.25, 0.3) is 0 Å². The number of halogens is 1. The van der Waals surface area contributed by atoms with Crippen LogP contribution >= 0.6 is 11.3 Å². The van der Waals surface area contributed by atoms with Crippen molar-refractivity contribution < 1.29 is 13.7 Å². The second-order valence-electron chi connectivity index (χ2n) is 6.11. The highest BCUT2D eigenvalue weighted by atomic mass is 32.1. The first kappa shape index (κ1) is 16.0. The van der Waals surface area contributed by atoms with Crippen LogP contribution in [0.3, 0.4) is 0 Å². The lowest BCUT2D eigenvalue weighted by molar-refractivity contribution is -0.129. The summed E-state index contributed by atoms with van der Waals surface area (Å²) >= 11 is 1.54. The van der Waals surface area contributed by atoms with Crippen molar-refractivity contribution in [1.82, 2.24) is 15.0 Å². The average Bonchev–Trinajstić information content (AvgIpc) is 3.35. The number of carbonyl (C=O) groups is 1. The first-order valence-electron chi connectivity index (χ1n) is 8.04. The molecule has 0 spiro atoms. The van der Waals surface area contributed by atoms with Gasteiger partial charge >= 0.3 is 0 Å². The third-order valence-electron chi connectivity index (χ3n) is 4.51. The summed E-state index contributed by atoms with van der Waals surface area (Å²) in [5.74, 6) is 0.691. The molecule has 0 radical (unpaired) electrons. The second kappa shape index (κ2) is 6.40. The fourth-order valence-electron chi connectivity index (χ4n) is 3.10. The Morgan fingerprint density at radius 1 is 1.32 bits per heavy atom. The summed E-state index contributed by atoms with van der Waals surface area (Å²) < 4.78 is 18.5. The Balaban J connectivity index is 1.51. The van der Waals surface area contributed by atoms with E-state index in [-0.39, 0.29) is 23.7 Å². The monoisotopic (exact) mass is 357 g/mol. The van der Waals surface area contributed by atoms with Crippen LogP contribution < -0.4 is 0 Å². The molecule has 5 nitrogen and oxygen atoms in total. The summed E-state index contributed by atoms with van der Waals surface area (Å²) in [4.78, 5) is 19.6. The van der Waals surface area contributed by atoms with E-state index in [2.05, 4.69) is 10.1 Å². The quantitative estimate of drug-likeness (QED) is 0.708. The molecule has 1 fully saturated rings. The Kier molecular flexibility index (Phi) is 4.09. The van der Waals surface area contributed by atoms with E-state index in [0.717, 1.165) is 10.4 Å². The molecule has 7 heteroatoms. The molecule has 3 aromatic rings. The lowest BCUT2D eigenvalue weighted by Gasteiger charge is -2.25. The molecule has 0 saturated carbocycles. The SMILES string of the molecule is CC(c1ccc(F)cc1)N1CC(c2nc(-c3cccs3)no2)CC1=O. The first-order valence-corrected chi connectivity index (χ1v) is 8.92. The molecule has 1 saturated heterocycles. The molecule has 25 heavy (non-hydrogen) atoms. The van der Waals surface area contributed by atoms with Crippen molar-refractivity contribution >= 4 is 17.2 Å². The predicted molar refractivity (Wildman–Crippen MR) is 91.5 cm³/mol. The van der Waals surface area contributed by atoms with E-state index in [1.807, 2.05) is 24.4 Å². The Morgan fingerprint density at radius 3 is 2.84 bits per heavy atom. The van der Waals surface area contributed by atoms with E-state index in [1.165, 1.54) is 12.1 Å². The summed E-state index contributed by atoms with van der Waals surface area (Å²) in [5.41, 5.74) is 0.903. The maximum absolute atomic E-state index is 13.1. The summed E-state index contributed by atoms with van der Waals surface area (Å²) in [5, 5.41) is 5.97. The number of likely N-dealkylation sites (tertiary alicyclic amines) is 1. The van der Waals surface area contributed by atoms with Crippen molar-refractivity contribution in [3.63, 3.8) is 0 Å². The molecule has 1 aromatic carbocycles. The highest BCUT2D eigenvalue weighted by Gasteiger charge is 2.37. The minimum atomic E-state index is -0.284. The van der Waals surface area contributed by atoms with Gasteiger partial charge in [-0.1, -0.05) is 23.4 Å². The van der Waals surface area contributed by atoms with Crippen LogP contribution in [0.5, 0.6) is 0 Å². The molecule has 1 aliphatic rings. The molecular weight excluding hydrogens is 341 g/mol. The summed E-state index contributed by atoms with van der Waals surface area (Å²) in [6, 6.07) is 9.98. The normalized spacial score (nSPS) is 18.7. The van der Waals surface area contributed by atoms with Crippen LogP contribution in [0.1, 0.15) is 36.8 Å². The first-order chi connectivity index (χ1) is 12.1. The maximum atomic E-state index is 13.1. The van der Waals surface area contributed by atoms with Crippen LogP contribution in [0.4, 0.5) is 4.39 Å². The second-order valence-corrected chi connectivity index (χ2v) is 7.06. The van der Waals surface area contributed by atoms with Gasteiger partial charge in [-0.25, -0.2) is 4.39 Å². The predicted octanol–water partition coefficient (Wildman–Crippen LogP) is 4.01. The molecule has 2 unspecified atom stereocenters. The molecule has 0 bridgehead atoms. The summed E-state index contributed by atoms with van der Waals surface area (Å²) in [6.45, 7) is 2.46. The van der Waals surface area contributed by atoms with Gasteiger partial charge in [0.2, 0.25) is 17.6 Å². The van der Waals surface area contributed by atoms with Crippen molar-refractivity contribution in [1.29, 1.82) is 0 Å². The highest BCUT2D eigenvalue weighted by molar-refractivity contribution is 7.13. The third kappa shape index (κ3) is 3.07. The minimum absolute atomic E-state index is 0.0395. The van der Waals surface area contributed by atoms with E-state index in [0.29, 0.717) is 24.7 Å². The molecular formula is C18H16FN3O2S. The Morgan fingerprint density at radius 2 is 2.12 bits per heavy atom. The number of aromatic nitrogens is 2. The largest absolute Gasteiger partial charge is 0.339 e. The maximum Gasteiger partial charge on any atom is 0.232 e. The van der Waals surface area contributed by atoms with Crippen LogP contribution in [-0.2, 0) is 4.79 Å². The number of benzene rings is 1. The molecule has 2 atom stereocenters. The van der Waals surface area contributed by atoms with Crippen molar-refractivity contribution in [2.24, 2.45) is 0 Å². The van der Waals surface area contributed by atoms with Crippen LogP contribution in [0.25, 0.3) is 10.7 Å². The van der Waals surface area contributed by atoms with Gasteiger partial charge in [0.05, 0.1) is 16.8 Å². The Labute approximate surface area is 148 Å². The zero-order valence-corrected chi connectivity index (χ0v) is 14.4. The zero-order valence-electron chi connectivity index (χ0n) is 13.6. The van der Waals surface area contributed by atoms with E-state index >= 15 is 0 Å². The molecule has 4 rings (SSSR count). The minimum Gasteiger partial charge on any atom is -0.339 e. The average molecular weight is 357 g/mol.